The van der Waals surface area contributed by atoms with Gasteiger partial charge in [0.05, 0.1) is 13.2 Å². The lowest BCUT2D eigenvalue weighted by Crippen LogP contribution is -2.34. The van der Waals surface area contributed by atoms with Crippen LogP contribution in [-0.2, 0) is 22.5 Å². The Hall–Kier alpha value is -3.42. The predicted molar refractivity (Wildman–Crippen MR) is 133 cm³/mol. The fourth-order valence-electron chi connectivity index (χ4n) is 4.19. The lowest BCUT2D eigenvalue weighted by atomic mass is 10.0. The zero-order valence-corrected chi connectivity index (χ0v) is 19.8. The molecule has 2 aromatic carbocycles. The number of hydrogen-bond donors (Lipinski definition) is 0. The fraction of sp³-hybridized carbons (Fsp3) is 0.259. The minimum absolute atomic E-state index is 0.0528. The zero-order valence-electron chi connectivity index (χ0n) is 19.0. The molecule has 0 bridgehead atoms. The lowest BCUT2D eigenvalue weighted by Gasteiger charge is -2.20. The summed E-state index contributed by atoms with van der Waals surface area (Å²) in [6.07, 6.45) is 2.48. The molecule has 3 heterocycles. The number of benzene rings is 2. The number of fused-ring (bicyclic) bond motifs is 2. The number of carbonyl (C=O) groups is 1. The van der Waals surface area contributed by atoms with Gasteiger partial charge in [-0.25, -0.2) is 0 Å². The quantitative estimate of drug-likeness (QED) is 0.379. The largest absolute Gasteiger partial charge is 0.489 e. The summed E-state index contributed by atoms with van der Waals surface area (Å²) in [7, 11) is 1.54. The molecule has 1 aliphatic rings. The first-order chi connectivity index (χ1) is 16.7. The summed E-state index contributed by atoms with van der Waals surface area (Å²) in [5.41, 5.74) is 4.11. The second-order valence-electron chi connectivity index (χ2n) is 8.12. The van der Waals surface area contributed by atoms with Crippen molar-refractivity contribution < 1.29 is 19.0 Å². The Bertz CT molecular complexity index is 1290. The molecular formula is C27H26N2O4S. The first kappa shape index (κ1) is 22.4. The third-order valence-corrected chi connectivity index (χ3v) is 6.82. The lowest BCUT2D eigenvalue weighted by molar-refractivity contribution is -0.135. The van der Waals surface area contributed by atoms with Crippen molar-refractivity contribution in [2.24, 2.45) is 0 Å². The van der Waals surface area contributed by atoms with E-state index < -0.39 is 0 Å². The number of amides is 1. The van der Waals surface area contributed by atoms with E-state index in [1.165, 1.54) is 17.2 Å². The van der Waals surface area contributed by atoms with Gasteiger partial charge in [0.25, 0.3) is 0 Å². The molecule has 0 atom stereocenters. The summed E-state index contributed by atoms with van der Waals surface area (Å²) in [6.45, 7) is 1.88. The normalized spacial score (nSPS) is 13.3. The molecule has 1 aliphatic heterocycles. The van der Waals surface area contributed by atoms with E-state index in [9.17, 15) is 4.79 Å². The highest BCUT2D eigenvalue weighted by Crippen LogP contribution is 2.41. The molecular weight excluding hydrogens is 448 g/mol. The van der Waals surface area contributed by atoms with Crippen LogP contribution in [0.5, 0.6) is 11.5 Å². The Morgan fingerprint density at radius 2 is 2.06 bits per heavy atom. The van der Waals surface area contributed by atoms with Crippen LogP contribution < -0.4 is 9.47 Å². The van der Waals surface area contributed by atoms with Crippen molar-refractivity contribution in [3.05, 3.63) is 77.4 Å². The monoisotopic (exact) mass is 474 g/mol. The molecule has 0 unspecified atom stereocenters. The Balaban J connectivity index is 1.51. The number of ether oxygens (including phenoxy) is 3. The fourth-order valence-corrected chi connectivity index (χ4v) is 5.16. The number of hydrogen-bond acceptors (Lipinski definition) is 6. The van der Waals surface area contributed by atoms with Crippen LogP contribution in [0.2, 0.25) is 0 Å². The van der Waals surface area contributed by atoms with Crippen molar-refractivity contribution in [2.45, 2.75) is 13.0 Å². The first-order valence-electron chi connectivity index (χ1n) is 11.3. The highest BCUT2D eigenvalue weighted by Gasteiger charge is 2.24. The molecule has 1 amide bonds. The molecule has 0 saturated heterocycles. The van der Waals surface area contributed by atoms with Crippen LogP contribution in [0, 0.1) is 0 Å². The van der Waals surface area contributed by atoms with Crippen molar-refractivity contribution in [1.29, 1.82) is 0 Å². The third kappa shape index (κ3) is 4.76. The van der Waals surface area contributed by atoms with E-state index in [-0.39, 0.29) is 12.5 Å². The van der Waals surface area contributed by atoms with E-state index >= 15 is 0 Å². The molecule has 0 N–H and O–H groups in total. The van der Waals surface area contributed by atoms with Crippen LogP contribution in [0.3, 0.4) is 0 Å². The van der Waals surface area contributed by atoms with Crippen LogP contribution in [-0.4, -0.2) is 49.3 Å². The van der Waals surface area contributed by atoms with Gasteiger partial charge < -0.3 is 19.1 Å². The van der Waals surface area contributed by atoms with Gasteiger partial charge in [-0.15, -0.1) is 11.3 Å². The van der Waals surface area contributed by atoms with Crippen LogP contribution >= 0.6 is 11.3 Å². The molecule has 6 nitrogen and oxygen atoms in total. The highest BCUT2D eigenvalue weighted by atomic mass is 32.1. The van der Waals surface area contributed by atoms with Crippen molar-refractivity contribution in [2.75, 3.05) is 33.5 Å². The predicted octanol–water partition coefficient (Wildman–Crippen LogP) is 4.95. The van der Waals surface area contributed by atoms with Gasteiger partial charge in [0, 0.05) is 53.2 Å². The summed E-state index contributed by atoms with van der Waals surface area (Å²) < 4.78 is 18.7. The van der Waals surface area contributed by atoms with Gasteiger partial charge in [0.1, 0.15) is 13.2 Å². The van der Waals surface area contributed by atoms with Gasteiger partial charge >= 0.3 is 0 Å². The molecule has 5 rings (SSSR count). The smallest absolute Gasteiger partial charge is 0.248 e. The minimum atomic E-state index is -0.0528. The first-order valence-corrected chi connectivity index (χ1v) is 12.2. The molecule has 0 saturated carbocycles. The van der Waals surface area contributed by atoms with E-state index in [1.54, 1.807) is 22.4 Å². The van der Waals surface area contributed by atoms with Crippen molar-refractivity contribution in [1.82, 2.24) is 9.88 Å². The summed E-state index contributed by atoms with van der Waals surface area (Å²) >= 11 is 1.72. The average molecular weight is 475 g/mol. The second kappa shape index (κ2) is 10.2. The number of nitrogens with zero attached hydrogens (tertiary/aromatic N) is 2. The van der Waals surface area contributed by atoms with E-state index in [0.717, 1.165) is 22.4 Å². The van der Waals surface area contributed by atoms with Crippen LogP contribution in [0.25, 0.3) is 21.2 Å². The highest BCUT2D eigenvalue weighted by molar-refractivity contribution is 7.17. The molecule has 0 radical (unpaired) electrons. The maximum Gasteiger partial charge on any atom is 0.248 e. The maximum atomic E-state index is 12.6. The van der Waals surface area contributed by atoms with Crippen LogP contribution in [0.15, 0.2) is 66.2 Å². The topological polar surface area (TPSA) is 60.9 Å². The number of rotatable bonds is 7. The van der Waals surface area contributed by atoms with Gasteiger partial charge in [-0.1, -0.05) is 24.3 Å². The van der Waals surface area contributed by atoms with E-state index in [0.29, 0.717) is 44.2 Å². The van der Waals surface area contributed by atoms with Crippen LogP contribution in [0.1, 0.15) is 11.3 Å². The van der Waals surface area contributed by atoms with Gasteiger partial charge in [0.2, 0.25) is 5.91 Å². The van der Waals surface area contributed by atoms with Crippen LogP contribution in [0.4, 0.5) is 0 Å². The summed E-state index contributed by atoms with van der Waals surface area (Å²) in [6, 6.07) is 18.4. The number of aromatic nitrogens is 1. The molecule has 34 heavy (non-hydrogen) atoms. The van der Waals surface area contributed by atoms with Crippen molar-refractivity contribution in [3.8, 4) is 22.6 Å². The standard InChI is InChI=1S/C27H26N2O4S/c1-31-17-26(30)29-11-13-33-27-20(16-29)14-19(23-18-34-25-8-3-2-7-22(23)25)15-24(27)32-12-9-21-6-4-5-10-28-21/h2-8,10,14-15,18H,9,11-13,16-17H2,1H3. The number of pyridine rings is 1. The third-order valence-electron chi connectivity index (χ3n) is 5.85. The van der Waals surface area contributed by atoms with E-state index in [2.05, 4.69) is 46.8 Å². The van der Waals surface area contributed by atoms with E-state index in [1.807, 2.05) is 18.2 Å². The molecule has 0 spiro atoms. The zero-order chi connectivity index (χ0) is 23.3. The van der Waals surface area contributed by atoms with E-state index in [4.69, 9.17) is 14.2 Å². The Morgan fingerprint density at radius 1 is 1.18 bits per heavy atom. The summed E-state index contributed by atoms with van der Waals surface area (Å²) in [5.74, 6) is 1.35. The average Bonchev–Trinajstić information content (AvgIpc) is 3.17. The molecule has 7 heteroatoms. The minimum Gasteiger partial charge on any atom is -0.489 e. The van der Waals surface area contributed by atoms with Crippen molar-refractivity contribution >= 4 is 27.3 Å². The van der Waals surface area contributed by atoms with Crippen molar-refractivity contribution in [3.63, 3.8) is 0 Å². The Morgan fingerprint density at radius 3 is 2.91 bits per heavy atom. The number of carbonyl (C=O) groups excluding carboxylic acids is 1. The Kier molecular flexibility index (Phi) is 6.74. The SMILES string of the molecule is COCC(=O)N1CCOc2c(cc(-c3csc4ccccc34)cc2OCCc2ccccn2)C1. The number of methoxy groups -OCH3 is 1. The van der Waals surface area contributed by atoms with Gasteiger partial charge in [-0.05, 0) is 41.3 Å². The van der Waals surface area contributed by atoms with Gasteiger partial charge in [-0.2, -0.15) is 0 Å². The number of thiophene rings is 1. The Labute approximate surface area is 202 Å². The maximum absolute atomic E-state index is 12.6. The molecule has 174 valence electrons. The summed E-state index contributed by atoms with van der Waals surface area (Å²) in [5, 5.41) is 3.38. The van der Waals surface area contributed by atoms with Gasteiger partial charge in [-0.3, -0.25) is 9.78 Å². The van der Waals surface area contributed by atoms with Gasteiger partial charge in [0.15, 0.2) is 11.5 Å². The molecule has 2 aromatic heterocycles. The second-order valence-corrected chi connectivity index (χ2v) is 9.04. The summed E-state index contributed by atoms with van der Waals surface area (Å²) in [4.78, 5) is 18.7. The molecule has 0 fully saturated rings. The molecule has 4 aromatic rings. The molecule has 0 aliphatic carbocycles.